The Morgan fingerprint density at radius 2 is 1.52 bits per heavy atom. The van der Waals surface area contributed by atoms with Gasteiger partial charge in [-0.3, -0.25) is 4.79 Å². The van der Waals surface area contributed by atoms with Crippen molar-refractivity contribution in [2.75, 3.05) is 0 Å². The van der Waals surface area contributed by atoms with Crippen LogP contribution >= 0.6 is 23.2 Å². The summed E-state index contributed by atoms with van der Waals surface area (Å²) in [5, 5.41) is 4.26. The average Bonchev–Trinajstić information content (AvgIpc) is 2.44. The molecule has 1 aromatic rings. The Morgan fingerprint density at radius 1 is 1.04 bits per heavy atom. The molecule has 5 rings (SSSR count). The van der Waals surface area contributed by atoms with E-state index >= 15 is 0 Å². The first-order valence-corrected chi connectivity index (χ1v) is 9.46. The number of carbonyl (C=O) groups is 1. The maximum atomic E-state index is 12.6. The van der Waals surface area contributed by atoms with Crippen molar-refractivity contribution < 1.29 is 4.79 Å². The van der Waals surface area contributed by atoms with Crippen molar-refractivity contribution in [3.63, 3.8) is 0 Å². The van der Waals surface area contributed by atoms with E-state index in [1.807, 2.05) is 0 Å². The van der Waals surface area contributed by atoms with Gasteiger partial charge in [-0.15, -0.1) is 0 Å². The Balaban J connectivity index is 1.51. The summed E-state index contributed by atoms with van der Waals surface area (Å²) in [5.41, 5.74) is 0.867. The van der Waals surface area contributed by atoms with Crippen LogP contribution in [0, 0.1) is 23.2 Å². The van der Waals surface area contributed by atoms with E-state index in [0.717, 1.165) is 17.8 Å². The molecule has 4 bridgehead atoms. The van der Waals surface area contributed by atoms with E-state index in [9.17, 15) is 4.79 Å². The Hall–Kier alpha value is -0.730. The van der Waals surface area contributed by atoms with E-state index in [4.69, 9.17) is 23.2 Å². The van der Waals surface area contributed by atoms with Crippen LogP contribution in [0.4, 0.5) is 0 Å². The number of rotatable bonds is 3. The fourth-order valence-corrected chi connectivity index (χ4v) is 6.35. The van der Waals surface area contributed by atoms with Crippen molar-refractivity contribution in [1.82, 2.24) is 5.32 Å². The van der Waals surface area contributed by atoms with Crippen molar-refractivity contribution in [2.24, 2.45) is 23.2 Å². The standard InChI is InChI=1S/C19H23Cl2NO/c1-11(22-18(23)15-5-16(20)7-17(21)6-15)19-8-12-2-13(9-19)4-14(3-12)10-19/h5-7,11-14H,2-4,8-10H2,1H3,(H,22,23). The minimum absolute atomic E-state index is 0.0577. The van der Waals surface area contributed by atoms with Crippen LogP contribution in [0.25, 0.3) is 0 Å². The van der Waals surface area contributed by atoms with Crippen LogP contribution in [0.3, 0.4) is 0 Å². The minimum Gasteiger partial charge on any atom is -0.349 e. The molecule has 4 aliphatic rings. The average molecular weight is 352 g/mol. The Morgan fingerprint density at radius 3 is 2.00 bits per heavy atom. The number of carbonyl (C=O) groups excluding carboxylic acids is 1. The third kappa shape index (κ3) is 2.89. The Labute approximate surface area is 147 Å². The molecule has 1 N–H and O–H groups in total. The number of benzene rings is 1. The lowest BCUT2D eigenvalue weighted by Gasteiger charge is -2.59. The van der Waals surface area contributed by atoms with Crippen LogP contribution in [0.2, 0.25) is 10.0 Å². The van der Waals surface area contributed by atoms with Crippen LogP contribution in [0.1, 0.15) is 55.8 Å². The maximum Gasteiger partial charge on any atom is 0.251 e. The first-order valence-electron chi connectivity index (χ1n) is 8.70. The molecular weight excluding hydrogens is 329 g/mol. The third-order valence-corrected chi connectivity index (χ3v) is 6.91. The monoisotopic (exact) mass is 351 g/mol. The van der Waals surface area contributed by atoms with Gasteiger partial charge in [0.2, 0.25) is 0 Å². The largest absolute Gasteiger partial charge is 0.349 e. The second kappa shape index (κ2) is 5.67. The van der Waals surface area contributed by atoms with Crippen LogP contribution in [-0.2, 0) is 0 Å². The molecule has 4 saturated carbocycles. The zero-order valence-electron chi connectivity index (χ0n) is 13.4. The maximum absolute atomic E-state index is 12.6. The summed E-state index contributed by atoms with van der Waals surface area (Å²) < 4.78 is 0. The summed E-state index contributed by atoms with van der Waals surface area (Å²) >= 11 is 12.0. The SMILES string of the molecule is CC(NC(=O)c1cc(Cl)cc(Cl)c1)C12CC3CC(CC(C3)C1)C2. The van der Waals surface area contributed by atoms with Gasteiger partial charge in [0.25, 0.3) is 5.91 Å². The lowest BCUT2D eigenvalue weighted by atomic mass is 9.48. The van der Waals surface area contributed by atoms with Gasteiger partial charge < -0.3 is 5.32 Å². The molecule has 0 radical (unpaired) electrons. The van der Waals surface area contributed by atoms with Crippen LogP contribution in [0.5, 0.6) is 0 Å². The van der Waals surface area contributed by atoms with E-state index in [-0.39, 0.29) is 11.9 Å². The normalized spacial score (nSPS) is 36.0. The molecule has 0 aromatic heterocycles. The van der Waals surface area contributed by atoms with Gasteiger partial charge >= 0.3 is 0 Å². The molecule has 124 valence electrons. The van der Waals surface area contributed by atoms with Crippen molar-refractivity contribution >= 4 is 29.1 Å². The molecule has 4 aliphatic carbocycles. The number of nitrogens with one attached hydrogen (secondary N) is 1. The molecule has 0 aliphatic heterocycles. The zero-order valence-corrected chi connectivity index (χ0v) is 15.0. The van der Waals surface area contributed by atoms with Gasteiger partial charge in [0, 0.05) is 21.7 Å². The Bertz CT molecular complexity index is 587. The molecule has 4 fully saturated rings. The number of hydrogen-bond donors (Lipinski definition) is 1. The summed E-state index contributed by atoms with van der Waals surface area (Å²) in [4.78, 5) is 12.6. The minimum atomic E-state index is -0.0577. The first kappa shape index (κ1) is 15.8. The van der Waals surface area contributed by atoms with E-state index in [2.05, 4.69) is 12.2 Å². The van der Waals surface area contributed by atoms with E-state index < -0.39 is 0 Å². The van der Waals surface area contributed by atoms with Crippen molar-refractivity contribution in [3.8, 4) is 0 Å². The van der Waals surface area contributed by atoms with Crippen LogP contribution in [0.15, 0.2) is 18.2 Å². The summed E-state index contributed by atoms with van der Waals surface area (Å²) in [6.45, 7) is 2.19. The Kier molecular flexibility index (Phi) is 3.89. The molecule has 0 spiro atoms. The van der Waals surface area contributed by atoms with E-state index in [1.54, 1.807) is 18.2 Å². The molecule has 1 aromatic carbocycles. The van der Waals surface area contributed by atoms with Gasteiger partial charge in [-0.25, -0.2) is 0 Å². The molecule has 1 amide bonds. The smallest absolute Gasteiger partial charge is 0.251 e. The molecular formula is C19H23Cl2NO. The molecule has 23 heavy (non-hydrogen) atoms. The van der Waals surface area contributed by atoms with Gasteiger partial charge in [0.1, 0.15) is 0 Å². The molecule has 2 nitrogen and oxygen atoms in total. The van der Waals surface area contributed by atoms with Crippen molar-refractivity contribution in [3.05, 3.63) is 33.8 Å². The molecule has 1 unspecified atom stereocenters. The van der Waals surface area contributed by atoms with E-state index in [1.165, 1.54) is 38.5 Å². The molecule has 0 heterocycles. The highest BCUT2D eigenvalue weighted by molar-refractivity contribution is 6.35. The lowest BCUT2D eigenvalue weighted by molar-refractivity contribution is -0.0688. The fourth-order valence-electron chi connectivity index (χ4n) is 5.83. The highest BCUT2D eigenvalue weighted by Crippen LogP contribution is 2.61. The first-order chi connectivity index (χ1) is 10.9. The van der Waals surface area contributed by atoms with E-state index in [0.29, 0.717) is 21.0 Å². The second-order valence-electron chi connectivity index (χ2n) is 8.13. The molecule has 1 atom stereocenters. The topological polar surface area (TPSA) is 29.1 Å². The summed E-state index contributed by atoms with van der Waals surface area (Å²) in [6.07, 6.45) is 8.13. The summed E-state index contributed by atoms with van der Waals surface area (Å²) in [7, 11) is 0. The lowest BCUT2D eigenvalue weighted by Crippen LogP contribution is -2.55. The second-order valence-corrected chi connectivity index (χ2v) is 9.01. The van der Waals surface area contributed by atoms with Crippen LogP contribution < -0.4 is 5.32 Å². The number of halogens is 2. The summed E-state index contributed by atoms with van der Waals surface area (Å²) in [5.74, 6) is 2.61. The van der Waals surface area contributed by atoms with Gasteiger partial charge in [0.05, 0.1) is 0 Å². The molecule has 0 saturated heterocycles. The quantitative estimate of drug-likeness (QED) is 0.783. The molecule has 4 heteroatoms. The van der Waals surface area contributed by atoms with Gasteiger partial charge in [-0.2, -0.15) is 0 Å². The van der Waals surface area contributed by atoms with Crippen molar-refractivity contribution in [2.45, 2.75) is 51.5 Å². The van der Waals surface area contributed by atoms with Crippen molar-refractivity contribution in [1.29, 1.82) is 0 Å². The zero-order chi connectivity index (χ0) is 16.2. The highest BCUT2D eigenvalue weighted by atomic mass is 35.5. The predicted octanol–water partition coefficient (Wildman–Crippen LogP) is 5.33. The number of amides is 1. The van der Waals surface area contributed by atoms with Gasteiger partial charge in [-0.05, 0) is 86.8 Å². The van der Waals surface area contributed by atoms with Gasteiger partial charge in [-0.1, -0.05) is 23.2 Å². The van der Waals surface area contributed by atoms with Gasteiger partial charge in [0.15, 0.2) is 0 Å². The fraction of sp³-hybridized carbons (Fsp3) is 0.632. The van der Waals surface area contributed by atoms with Crippen LogP contribution in [-0.4, -0.2) is 11.9 Å². The predicted molar refractivity (Wildman–Crippen MR) is 94.0 cm³/mol. The number of hydrogen-bond acceptors (Lipinski definition) is 1. The summed E-state index contributed by atoms with van der Waals surface area (Å²) in [6, 6.07) is 5.24. The highest BCUT2D eigenvalue weighted by Gasteiger charge is 2.53. The third-order valence-electron chi connectivity index (χ3n) is 6.48.